The van der Waals surface area contributed by atoms with Gasteiger partial charge in [-0.05, 0) is 33.6 Å². The van der Waals surface area contributed by atoms with Crippen molar-refractivity contribution in [2.75, 3.05) is 6.61 Å². The van der Waals surface area contributed by atoms with E-state index in [0.29, 0.717) is 0 Å². The van der Waals surface area contributed by atoms with Crippen LogP contribution in [0.5, 0.6) is 0 Å². The van der Waals surface area contributed by atoms with Gasteiger partial charge in [-0.1, -0.05) is 0 Å². The fraction of sp³-hybridized carbons (Fsp3) is 0.750. The molecule has 0 amide bonds. The summed E-state index contributed by atoms with van der Waals surface area (Å²) in [5.41, 5.74) is 7.13. The van der Waals surface area contributed by atoms with Crippen molar-refractivity contribution in [3.8, 4) is 0 Å². The van der Waals surface area contributed by atoms with Gasteiger partial charge >= 0.3 is 11.7 Å². The van der Waals surface area contributed by atoms with E-state index in [9.17, 15) is 19.7 Å². The summed E-state index contributed by atoms with van der Waals surface area (Å²) in [6.45, 7) is 4.08. The first kappa shape index (κ1) is 22.6. The Hall–Kier alpha value is -2.44. The van der Waals surface area contributed by atoms with E-state index in [4.69, 9.17) is 20.7 Å². The van der Waals surface area contributed by atoms with Gasteiger partial charge in [-0.2, -0.15) is 4.79 Å². The van der Waals surface area contributed by atoms with Gasteiger partial charge in [0.05, 0.1) is 5.39 Å². The Morgan fingerprint density at radius 3 is 2.40 bits per heavy atom. The highest BCUT2D eigenvalue weighted by Crippen LogP contribution is 2.10. The summed E-state index contributed by atoms with van der Waals surface area (Å²) in [4.78, 5) is 44.8. The molecule has 0 aliphatic carbocycles. The van der Waals surface area contributed by atoms with Crippen molar-refractivity contribution in [3.05, 3.63) is 15.6 Å². The van der Waals surface area contributed by atoms with E-state index in [2.05, 4.69) is 14.5 Å². The predicted molar refractivity (Wildman–Crippen MR) is 76.6 cm³/mol. The highest BCUT2D eigenvalue weighted by atomic mass is 17.1. The molecule has 142 valence electrons. The van der Waals surface area contributed by atoms with E-state index in [-0.39, 0.29) is 19.3 Å². The SMILES string of the molecule is CC(C)(C)OC(=O)C(=[N+]=[N-])C(=O)CCCC(CO[N+](=O)[O-])ON(O)O. The van der Waals surface area contributed by atoms with Crippen LogP contribution in [-0.2, 0) is 24.0 Å². The van der Waals surface area contributed by atoms with E-state index in [0.717, 1.165) is 0 Å². The van der Waals surface area contributed by atoms with Gasteiger partial charge in [0.1, 0.15) is 18.3 Å². The number of ether oxygens (including phenoxy) is 1. The molecule has 25 heavy (non-hydrogen) atoms. The summed E-state index contributed by atoms with van der Waals surface area (Å²) >= 11 is 0. The zero-order valence-corrected chi connectivity index (χ0v) is 13.9. The minimum absolute atomic E-state index is 0.0141. The molecule has 0 saturated carbocycles. The predicted octanol–water partition coefficient (Wildman–Crippen LogP) is 0.327. The number of hydrogen-bond donors (Lipinski definition) is 2. The van der Waals surface area contributed by atoms with Crippen molar-refractivity contribution in [1.29, 1.82) is 0 Å². The Labute approximate surface area is 142 Å². The topological polar surface area (TPSA) is 185 Å². The van der Waals surface area contributed by atoms with Crippen molar-refractivity contribution in [3.63, 3.8) is 0 Å². The van der Waals surface area contributed by atoms with Gasteiger partial charge in [0, 0.05) is 6.42 Å². The van der Waals surface area contributed by atoms with Crippen molar-refractivity contribution < 1.29 is 44.3 Å². The van der Waals surface area contributed by atoms with Gasteiger partial charge in [-0.25, -0.2) is 9.63 Å². The maximum Gasteiger partial charge on any atom is 0.441 e. The van der Waals surface area contributed by atoms with Crippen LogP contribution in [0.25, 0.3) is 5.53 Å². The molecule has 0 aromatic carbocycles. The Balaban J connectivity index is 4.59. The quantitative estimate of drug-likeness (QED) is 0.0983. The van der Waals surface area contributed by atoms with Crippen LogP contribution < -0.4 is 0 Å². The first-order valence-electron chi connectivity index (χ1n) is 7.06. The fourth-order valence-electron chi connectivity index (χ4n) is 1.59. The first-order chi connectivity index (χ1) is 11.5. The third kappa shape index (κ3) is 10.9. The number of nitrogens with zero attached hydrogens (tertiary/aromatic N) is 4. The number of carbonyl (C=O) groups excluding carboxylic acids is 2. The Bertz CT molecular complexity index is 537. The number of carbonyl (C=O) groups is 2. The largest absolute Gasteiger partial charge is 0.451 e. The lowest BCUT2D eigenvalue weighted by atomic mass is 10.1. The zero-order chi connectivity index (χ0) is 19.6. The number of Topliss-reactive ketones (excluding diaryl/α,β-unsaturated/α-hetero) is 1. The van der Waals surface area contributed by atoms with Gasteiger partial charge in [-0.15, -0.1) is 10.1 Å². The fourth-order valence-corrected chi connectivity index (χ4v) is 1.59. The van der Waals surface area contributed by atoms with E-state index in [1.54, 1.807) is 20.8 Å². The van der Waals surface area contributed by atoms with Crippen LogP contribution in [0.3, 0.4) is 0 Å². The molecule has 13 nitrogen and oxygen atoms in total. The lowest BCUT2D eigenvalue weighted by Crippen LogP contribution is -2.34. The molecule has 0 aromatic rings. The third-order valence-corrected chi connectivity index (χ3v) is 2.50. The average molecular weight is 364 g/mol. The molecule has 0 aliphatic rings. The van der Waals surface area contributed by atoms with E-state index in [1.165, 1.54) is 0 Å². The zero-order valence-electron chi connectivity index (χ0n) is 13.9. The molecular weight excluding hydrogens is 344 g/mol. The third-order valence-electron chi connectivity index (χ3n) is 2.50. The van der Waals surface area contributed by atoms with Crippen LogP contribution in [0.15, 0.2) is 0 Å². The Kier molecular flexibility index (Phi) is 9.41. The van der Waals surface area contributed by atoms with Gasteiger partial charge in [0.2, 0.25) is 0 Å². The van der Waals surface area contributed by atoms with Crippen LogP contribution in [0.4, 0.5) is 0 Å². The van der Waals surface area contributed by atoms with Gasteiger partial charge < -0.3 is 15.1 Å². The van der Waals surface area contributed by atoms with Crippen LogP contribution in [0, 0.1) is 10.1 Å². The Morgan fingerprint density at radius 2 is 1.96 bits per heavy atom. The summed E-state index contributed by atoms with van der Waals surface area (Å²) < 4.78 is 4.91. The first-order valence-corrected chi connectivity index (χ1v) is 7.06. The molecule has 0 rings (SSSR count). The van der Waals surface area contributed by atoms with Gasteiger partial charge in [-0.3, -0.25) is 15.2 Å². The maximum absolute atomic E-state index is 11.9. The second-order valence-electron chi connectivity index (χ2n) is 5.77. The molecule has 0 fully saturated rings. The van der Waals surface area contributed by atoms with Crippen molar-refractivity contribution in [2.24, 2.45) is 0 Å². The van der Waals surface area contributed by atoms with Crippen molar-refractivity contribution in [2.45, 2.75) is 51.7 Å². The second kappa shape index (κ2) is 10.4. The monoisotopic (exact) mass is 364 g/mol. The van der Waals surface area contributed by atoms with Crippen LogP contribution in [0.2, 0.25) is 0 Å². The van der Waals surface area contributed by atoms with Gasteiger partial charge in [0.25, 0.3) is 10.9 Å². The summed E-state index contributed by atoms with van der Waals surface area (Å²) in [6.07, 6.45) is -1.48. The number of hydrogen-bond acceptors (Lipinski definition) is 10. The minimum Gasteiger partial charge on any atom is -0.451 e. The Morgan fingerprint density at radius 1 is 1.36 bits per heavy atom. The lowest BCUT2D eigenvalue weighted by molar-refractivity contribution is -0.760. The normalized spacial score (nSPS) is 12.2. The highest BCUT2D eigenvalue weighted by molar-refractivity contribution is 6.62. The second-order valence-corrected chi connectivity index (χ2v) is 5.77. The smallest absolute Gasteiger partial charge is 0.441 e. The number of rotatable bonds is 11. The summed E-state index contributed by atoms with van der Waals surface area (Å²) in [5, 5.41) is 25.5. The molecule has 2 N–H and O–H groups in total. The standard InChI is InChI=1S/C12H20N4O9/c1-12(2,3)24-11(18)10(14-13)9(17)6-4-5-8(25-16(21)22)7-23-15(19)20/h8,21-22H,4-7H2,1-3H3. The highest BCUT2D eigenvalue weighted by Gasteiger charge is 2.33. The minimum atomic E-state index is -1.15. The molecule has 13 heteroatoms. The maximum atomic E-state index is 11.9. The summed E-state index contributed by atoms with van der Waals surface area (Å²) in [5.74, 6) is -1.92. The van der Waals surface area contributed by atoms with E-state index in [1.807, 2.05) is 0 Å². The van der Waals surface area contributed by atoms with Crippen LogP contribution in [-0.4, -0.2) is 61.5 Å². The van der Waals surface area contributed by atoms with Crippen molar-refractivity contribution in [1.82, 2.24) is 5.39 Å². The summed E-state index contributed by atoms with van der Waals surface area (Å²) in [6, 6.07) is 0. The molecular formula is C12H20N4O9. The van der Waals surface area contributed by atoms with Crippen molar-refractivity contribution >= 4 is 17.5 Å². The number of ketones is 1. The summed E-state index contributed by atoms with van der Waals surface area (Å²) in [7, 11) is 0. The molecule has 1 atom stereocenters. The lowest BCUT2D eigenvalue weighted by Gasteiger charge is -2.18. The molecule has 1 unspecified atom stereocenters. The van der Waals surface area contributed by atoms with E-state index < -0.39 is 46.3 Å². The molecule has 0 saturated heterocycles. The molecule has 0 aromatic heterocycles. The molecule has 0 heterocycles. The number of esters is 1. The molecule has 0 bridgehead atoms. The molecule has 0 radical (unpaired) electrons. The van der Waals surface area contributed by atoms with Crippen LogP contribution in [0.1, 0.15) is 40.0 Å². The van der Waals surface area contributed by atoms with Crippen LogP contribution >= 0.6 is 0 Å². The molecule has 0 aliphatic heterocycles. The van der Waals surface area contributed by atoms with Gasteiger partial charge in [0.15, 0.2) is 0 Å². The van der Waals surface area contributed by atoms with E-state index >= 15 is 0 Å². The average Bonchev–Trinajstić information content (AvgIpc) is 2.42. The molecule has 0 spiro atoms.